The molecule has 4 nitrogen and oxygen atoms in total. The molecule has 0 saturated carbocycles. The van der Waals surface area contributed by atoms with Crippen LogP contribution in [0.15, 0.2) is 18.2 Å². The summed E-state index contributed by atoms with van der Waals surface area (Å²) in [4.78, 5) is 2.27. The molecule has 0 aliphatic rings. The van der Waals surface area contributed by atoms with Crippen LogP contribution in [0, 0.1) is 0 Å². The number of methoxy groups -OCH3 is 1. The van der Waals surface area contributed by atoms with Gasteiger partial charge in [0.25, 0.3) is 0 Å². The summed E-state index contributed by atoms with van der Waals surface area (Å²) in [7, 11) is 1.54. The van der Waals surface area contributed by atoms with Gasteiger partial charge in [0, 0.05) is 12.6 Å². The van der Waals surface area contributed by atoms with Crippen molar-refractivity contribution in [3.05, 3.63) is 23.8 Å². The van der Waals surface area contributed by atoms with Crippen LogP contribution in [0.3, 0.4) is 0 Å². The van der Waals surface area contributed by atoms with E-state index in [0.29, 0.717) is 12.3 Å². The van der Waals surface area contributed by atoms with E-state index in [4.69, 9.17) is 10.5 Å². The lowest BCUT2D eigenvalue weighted by molar-refractivity contribution is 0.223. The Labute approximate surface area is 103 Å². The van der Waals surface area contributed by atoms with E-state index in [-0.39, 0.29) is 11.8 Å². The molecule has 3 N–H and O–H groups in total. The van der Waals surface area contributed by atoms with Crippen molar-refractivity contribution in [3.8, 4) is 11.5 Å². The number of benzene rings is 1. The fourth-order valence-electron chi connectivity index (χ4n) is 2.07. The summed E-state index contributed by atoms with van der Waals surface area (Å²) in [5.41, 5.74) is 6.85. The molecule has 0 aliphatic heterocycles. The monoisotopic (exact) mass is 238 g/mol. The quantitative estimate of drug-likeness (QED) is 0.792. The van der Waals surface area contributed by atoms with Gasteiger partial charge in [-0.3, -0.25) is 4.90 Å². The predicted molar refractivity (Wildman–Crippen MR) is 69.4 cm³/mol. The molecule has 17 heavy (non-hydrogen) atoms. The molecule has 1 aromatic rings. The van der Waals surface area contributed by atoms with E-state index in [9.17, 15) is 5.11 Å². The zero-order chi connectivity index (χ0) is 12.8. The first-order chi connectivity index (χ1) is 8.17. The van der Waals surface area contributed by atoms with Gasteiger partial charge >= 0.3 is 0 Å². The highest BCUT2D eigenvalue weighted by molar-refractivity contribution is 5.42. The van der Waals surface area contributed by atoms with Crippen molar-refractivity contribution in [2.45, 2.75) is 19.9 Å². The Morgan fingerprint density at radius 3 is 2.41 bits per heavy atom. The molecule has 0 amide bonds. The minimum atomic E-state index is 0.141. The fourth-order valence-corrected chi connectivity index (χ4v) is 2.07. The fraction of sp³-hybridized carbons (Fsp3) is 0.538. The number of phenolic OH excluding ortho intramolecular Hbond substituents is 1. The maximum Gasteiger partial charge on any atom is 0.160 e. The van der Waals surface area contributed by atoms with Gasteiger partial charge < -0.3 is 15.6 Å². The summed E-state index contributed by atoms with van der Waals surface area (Å²) in [5, 5.41) is 9.78. The molecule has 0 spiro atoms. The van der Waals surface area contributed by atoms with Crippen molar-refractivity contribution in [2.75, 3.05) is 26.7 Å². The van der Waals surface area contributed by atoms with E-state index in [1.807, 2.05) is 6.07 Å². The lowest BCUT2D eigenvalue weighted by Crippen LogP contribution is -2.33. The van der Waals surface area contributed by atoms with Gasteiger partial charge in [-0.15, -0.1) is 0 Å². The molecule has 4 heteroatoms. The molecule has 0 fully saturated rings. The summed E-state index contributed by atoms with van der Waals surface area (Å²) in [6.45, 7) is 6.62. The van der Waals surface area contributed by atoms with Crippen LogP contribution in [0.4, 0.5) is 0 Å². The zero-order valence-corrected chi connectivity index (χ0v) is 10.8. The topological polar surface area (TPSA) is 58.7 Å². The van der Waals surface area contributed by atoms with E-state index >= 15 is 0 Å². The number of ether oxygens (including phenoxy) is 1. The molecular formula is C13H22N2O2. The standard InChI is InChI=1S/C13H22N2O2/c1-4-15(5-2)11(9-14)10-6-7-13(17-3)12(16)8-10/h6-8,11,16H,4-5,9,14H2,1-3H3. The molecule has 0 heterocycles. The normalized spacial score (nSPS) is 12.8. The minimum Gasteiger partial charge on any atom is -0.504 e. The molecule has 0 bridgehead atoms. The summed E-state index contributed by atoms with van der Waals surface area (Å²) in [6.07, 6.45) is 0. The van der Waals surface area contributed by atoms with Crippen molar-refractivity contribution in [1.29, 1.82) is 0 Å². The van der Waals surface area contributed by atoms with E-state index < -0.39 is 0 Å². The molecule has 0 radical (unpaired) electrons. The van der Waals surface area contributed by atoms with Crippen LogP contribution in [-0.4, -0.2) is 36.8 Å². The second kappa shape index (κ2) is 6.47. The summed E-state index contributed by atoms with van der Waals surface area (Å²) in [6, 6.07) is 5.60. The van der Waals surface area contributed by atoms with E-state index in [1.165, 1.54) is 0 Å². The lowest BCUT2D eigenvalue weighted by atomic mass is 10.0. The van der Waals surface area contributed by atoms with Crippen molar-refractivity contribution < 1.29 is 9.84 Å². The first-order valence-electron chi connectivity index (χ1n) is 5.98. The third-order valence-electron chi connectivity index (χ3n) is 3.06. The van der Waals surface area contributed by atoms with Crippen LogP contribution in [0.1, 0.15) is 25.5 Å². The molecule has 1 unspecified atom stereocenters. The molecule has 96 valence electrons. The Morgan fingerprint density at radius 1 is 1.35 bits per heavy atom. The average Bonchev–Trinajstić information content (AvgIpc) is 2.35. The Balaban J connectivity index is 3.00. The van der Waals surface area contributed by atoms with Gasteiger partial charge in [-0.2, -0.15) is 0 Å². The van der Waals surface area contributed by atoms with Crippen molar-refractivity contribution in [3.63, 3.8) is 0 Å². The van der Waals surface area contributed by atoms with Crippen LogP contribution >= 0.6 is 0 Å². The van der Waals surface area contributed by atoms with Gasteiger partial charge in [-0.25, -0.2) is 0 Å². The van der Waals surface area contributed by atoms with Gasteiger partial charge in [0.15, 0.2) is 11.5 Å². The lowest BCUT2D eigenvalue weighted by Gasteiger charge is -2.29. The van der Waals surface area contributed by atoms with E-state index in [2.05, 4.69) is 18.7 Å². The third kappa shape index (κ3) is 3.11. The largest absolute Gasteiger partial charge is 0.504 e. The van der Waals surface area contributed by atoms with Crippen LogP contribution in [0.25, 0.3) is 0 Å². The molecule has 1 rings (SSSR count). The van der Waals surface area contributed by atoms with Crippen LogP contribution < -0.4 is 10.5 Å². The van der Waals surface area contributed by atoms with Crippen LogP contribution in [0.2, 0.25) is 0 Å². The first kappa shape index (κ1) is 13.8. The van der Waals surface area contributed by atoms with Crippen molar-refractivity contribution in [2.24, 2.45) is 5.73 Å². The molecule has 0 saturated heterocycles. The number of hydrogen-bond donors (Lipinski definition) is 2. The molecule has 1 atom stereocenters. The first-order valence-corrected chi connectivity index (χ1v) is 5.98. The van der Waals surface area contributed by atoms with Gasteiger partial charge in [0.1, 0.15) is 0 Å². The van der Waals surface area contributed by atoms with E-state index in [0.717, 1.165) is 18.7 Å². The number of likely N-dealkylation sites (N-methyl/N-ethyl adjacent to an activating group) is 1. The van der Waals surface area contributed by atoms with Gasteiger partial charge in [0.05, 0.1) is 7.11 Å². The molecule has 1 aromatic carbocycles. The highest BCUT2D eigenvalue weighted by atomic mass is 16.5. The van der Waals surface area contributed by atoms with E-state index in [1.54, 1.807) is 19.2 Å². The Hall–Kier alpha value is -1.26. The highest BCUT2D eigenvalue weighted by Gasteiger charge is 2.17. The summed E-state index contributed by atoms with van der Waals surface area (Å²) in [5.74, 6) is 0.652. The Kier molecular flexibility index (Phi) is 5.25. The number of phenols is 1. The average molecular weight is 238 g/mol. The minimum absolute atomic E-state index is 0.141. The summed E-state index contributed by atoms with van der Waals surface area (Å²) < 4.78 is 5.03. The van der Waals surface area contributed by atoms with Crippen molar-refractivity contribution >= 4 is 0 Å². The second-order valence-corrected chi connectivity index (χ2v) is 3.90. The maximum atomic E-state index is 9.78. The second-order valence-electron chi connectivity index (χ2n) is 3.90. The zero-order valence-electron chi connectivity index (χ0n) is 10.8. The highest BCUT2D eigenvalue weighted by Crippen LogP contribution is 2.30. The molecular weight excluding hydrogens is 216 g/mol. The van der Waals surface area contributed by atoms with Crippen LogP contribution in [-0.2, 0) is 0 Å². The van der Waals surface area contributed by atoms with Gasteiger partial charge in [0.2, 0.25) is 0 Å². The van der Waals surface area contributed by atoms with Gasteiger partial charge in [-0.1, -0.05) is 19.9 Å². The molecule has 0 aromatic heterocycles. The van der Waals surface area contributed by atoms with Crippen molar-refractivity contribution in [1.82, 2.24) is 4.90 Å². The maximum absolute atomic E-state index is 9.78. The molecule has 0 aliphatic carbocycles. The number of nitrogens with two attached hydrogens (primary N) is 1. The third-order valence-corrected chi connectivity index (χ3v) is 3.06. The Morgan fingerprint density at radius 2 is 2.00 bits per heavy atom. The summed E-state index contributed by atoms with van der Waals surface area (Å²) >= 11 is 0. The van der Waals surface area contributed by atoms with Gasteiger partial charge in [-0.05, 0) is 30.8 Å². The van der Waals surface area contributed by atoms with Crippen LogP contribution in [0.5, 0.6) is 11.5 Å². The predicted octanol–water partition coefficient (Wildman–Crippen LogP) is 1.74. The number of aromatic hydroxyl groups is 1. The number of hydrogen-bond acceptors (Lipinski definition) is 4. The smallest absolute Gasteiger partial charge is 0.160 e. The SMILES string of the molecule is CCN(CC)C(CN)c1ccc(OC)c(O)c1. The Bertz CT molecular complexity index is 351. The number of nitrogens with zero attached hydrogens (tertiary/aromatic N) is 1. The number of rotatable bonds is 6.